The number of carboxylic acids is 1. The smallest absolute Gasteiger partial charge is 0.305 e. The molecule has 2 unspecified atom stereocenters. The van der Waals surface area contributed by atoms with E-state index in [1.807, 2.05) is 13.8 Å². The van der Waals surface area contributed by atoms with Crippen LogP contribution in [0.3, 0.4) is 0 Å². The molecule has 2 atom stereocenters. The van der Waals surface area contributed by atoms with E-state index in [2.05, 4.69) is 0 Å². The Morgan fingerprint density at radius 1 is 0.933 bits per heavy atom. The quantitative estimate of drug-likeness (QED) is 0.524. The van der Waals surface area contributed by atoms with Crippen LogP contribution in [-0.2, 0) is 4.79 Å². The molecule has 0 spiro atoms. The zero-order chi connectivity index (χ0) is 22.3. The van der Waals surface area contributed by atoms with Crippen molar-refractivity contribution >= 4 is 11.5 Å². The van der Waals surface area contributed by atoms with Crippen LogP contribution in [0.2, 0.25) is 0 Å². The molecule has 0 amide bonds. The first-order valence-corrected chi connectivity index (χ1v) is 9.69. The Labute approximate surface area is 174 Å². The molecular weight excluding hydrogens is 390 g/mol. The van der Waals surface area contributed by atoms with Crippen LogP contribution >= 0.6 is 0 Å². The van der Waals surface area contributed by atoms with Gasteiger partial charge in [0.05, 0.1) is 18.6 Å². The summed E-state index contributed by atoms with van der Waals surface area (Å²) in [7, 11) is 0. The van der Waals surface area contributed by atoms with Gasteiger partial charge in [-0.05, 0) is 52.5 Å². The third-order valence-electron chi connectivity index (χ3n) is 4.60. The van der Waals surface area contributed by atoms with Crippen molar-refractivity contribution in [2.75, 3.05) is 0 Å². The van der Waals surface area contributed by atoms with Crippen LogP contribution in [0.4, 0.5) is 8.78 Å². The SMILES string of the molecule is CC(C)C(C=CC(O)CC(O)CC(=O)O)=C(c1ccc(F)cc1)c1ccc(F)cc1. The summed E-state index contributed by atoms with van der Waals surface area (Å²) in [6.07, 6.45) is 0.432. The molecule has 3 N–H and O–H groups in total. The Bertz CT molecular complexity index is 852. The molecule has 0 aliphatic rings. The van der Waals surface area contributed by atoms with Gasteiger partial charge in [0.25, 0.3) is 0 Å². The predicted molar refractivity (Wildman–Crippen MR) is 112 cm³/mol. The lowest BCUT2D eigenvalue weighted by Gasteiger charge is -2.18. The second kappa shape index (κ2) is 10.8. The van der Waals surface area contributed by atoms with E-state index in [4.69, 9.17) is 5.11 Å². The number of carboxylic acid groups (broad SMARTS) is 1. The molecule has 30 heavy (non-hydrogen) atoms. The summed E-state index contributed by atoms with van der Waals surface area (Å²) in [5, 5.41) is 28.7. The van der Waals surface area contributed by atoms with Crippen molar-refractivity contribution in [3.63, 3.8) is 0 Å². The van der Waals surface area contributed by atoms with Gasteiger partial charge in [0.2, 0.25) is 0 Å². The van der Waals surface area contributed by atoms with Crippen molar-refractivity contribution in [1.29, 1.82) is 0 Å². The van der Waals surface area contributed by atoms with Gasteiger partial charge >= 0.3 is 5.97 Å². The molecule has 160 valence electrons. The summed E-state index contributed by atoms with van der Waals surface area (Å²) >= 11 is 0. The number of aliphatic hydroxyl groups is 2. The maximum absolute atomic E-state index is 13.5. The standard InChI is InChI=1S/C24H26F2O4/c1-15(2)22(12-11-20(27)13-21(28)14-23(29)30)24(16-3-7-18(25)8-4-16)17-5-9-19(26)10-6-17/h3-12,15,20-21,27-28H,13-14H2,1-2H3,(H,29,30). The lowest BCUT2D eigenvalue weighted by Crippen LogP contribution is -2.19. The Kier molecular flexibility index (Phi) is 8.45. The first-order chi connectivity index (χ1) is 14.2. The highest BCUT2D eigenvalue weighted by Gasteiger charge is 2.16. The first-order valence-electron chi connectivity index (χ1n) is 9.69. The minimum absolute atomic E-state index is 0.00231. The minimum atomic E-state index is -1.16. The van der Waals surface area contributed by atoms with Gasteiger partial charge in [-0.1, -0.05) is 50.3 Å². The number of hydrogen-bond acceptors (Lipinski definition) is 3. The number of hydrogen-bond donors (Lipinski definition) is 3. The highest BCUT2D eigenvalue weighted by molar-refractivity contribution is 5.83. The first kappa shape index (κ1) is 23.4. The van der Waals surface area contributed by atoms with Crippen LogP contribution in [0, 0.1) is 17.6 Å². The normalized spacial score (nSPS) is 13.4. The molecule has 0 saturated carbocycles. The molecule has 0 fully saturated rings. The van der Waals surface area contributed by atoms with Gasteiger partial charge in [-0.2, -0.15) is 0 Å². The summed E-state index contributed by atoms with van der Waals surface area (Å²) in [5.74, 6) is -1.89. The highest BCUT2D eigenvalue weighted by Crippen LogP contribution is 2.32. The number of rotatable bonds is 9. The Morgan fingerprint density at radius 2 is 1.40 bits per heavy atom. The van der Waals surface area contributed by atoms with Crippen molar-refractivity contribution in [1.82, 2.24) is 0 Å². The van der Waals surface area contributed by atoms with E-state index in [-0.39, 0.29) is 24.0 Å². The van der Waals surface area contributed by atoms with E-state index in [0.717, 1.165) is 22.3 Å². The van der Waals surface area contributed by atoms with Crippen LogP contribution < -0.4 is 0 Å². The lowest BCUT2D eigenvalue weighted by atomic mass is 9.87. The molecule has 0 bridgehead atoms. The number of aliphatic carboxylic acids is 1. The van der Waals surface area contributed by atoms with Crippen molar-refractivity contribution in [3.8, 4) is 0 Å². The molecule has 0 heterocycles. The Morgan fingerprint density at radius 3 is 1.80 bits per heavy atom. The number of carbonyl (C=O) groups is 1. The average molecular weight is 416 g/mol. The van der Waals surface area contributed by atoms with E-state index in [1.54, 1.807) is 30.3 Å². The zero-order valence-corrected chi connectivity index (χ0v) is 16.9. The number of allylic oxidation sites excluding steroid dienone is 2. The van der Waals surface area contributed by atoms with Gasteiger partial charge in [-0.25, -0.2) is 8.78 Å². The third-order valence-corrected chi connectivity index (χ3v) is 4.60. The number of halogens is 2. The summed E-state index contributed by atoms with van der Waals surface area (Å²) < 4.78 is 26.9. The molecule has 0 aromatic heterocycles. The fourth-order valence-corrected chi connectivity index (χ4v) is 3.15. The molecule has 0 aliphatic heterocycles. The summed E-state index contributed by atoms with van der Waals surface area (Å²) in [6, 6.07) is 11.9. The maximum atomic E-state index is 13.5. The van der Waals surface area contributed by atoms with Gasteiger partial charge in [0, 0.05) is 6.42 Å². The van der Waals surface area contributed by atoms with Crippen LogP contribution in [0.15, 0.2) is 66.3 Å². The van der Waals surface area contributed by atoms with Crippen molar-refractivity contribution in [2.24, 2.45) is 5.92 Å². The van der Waals surface area contributed by atoms with Gasteiger partial charge in [0.1, 0.15) is 11.6 Å². The predicted octanol–water partition coefficient (Wildman–Crippen LogP) is 4.57. The summed E-state index contributed by atoms with van der Waals surface area (Å²) in [4.78, 5) is 10.7. The van der Waals surface area contributed by atoms with Crippen LogP contribution in [0.1, 0.15) is 37.8 Å². The van der Waals surface area contributed by atoms with Gasteiger partial charge in [0.15, 0.2) is 0 Å². The fraction of sp³-hybridized carbons (Fsp3) is 0.292. The van der Waals surface area contributed by atoms with Crippen LogP contribution in [0.25, 0.3) is 5.57 Å². The molecule has 2 aromatic carbocycles. The summed E-state index contributed by atoms with van der Waals surface area (Å²) in [6.45, 7) is 3.91. The fourth-order valence-electron chi connectivity index (χ4n) is 3.15. The molecule has 0 aliphatic carbocycles. The molecule has 2 rings (SSSR count). The van der Waals surface area contributed by atoms with Crippen molar-refractivity contribution < 1.29 is 28.9 Å². The van der Waals surface area contributed by atoms with Gasteiger partial charge < -0.3 is 15.3 Å². The molecule has 4 nitrogen and oxygen atoms in total. The van der Waals surface area contributed by atoms with E-state index in [9.17, 15) is 23.8 Å². The number of aliphatic hydroxyl groups excluding tert-OH is 2. The van der Waals surface area contributed by atoms with E-state index in [1.165, 1.54) is 30.3 Å². The average Bonchev–Trinajstić information content (AvgIpc) is 2.66. The second-order valence-electron chi connectivity index (χ2n) is 7.41. The Balaban J connectivity index is 2.47. The van der Waals surface area contributed by atoms with Crippen LogP contribution in [-0.4, -0.2) is 33.5 Å². The zero-order valence-electron chi connectivity index (χ0n) is 16.9. The molecule has 0 radical (unpaired) electrons. The Hall–Kier alpha value is -2.83. The molecule has 0 saturated heterocycles. The van der Waals surface area contributed by atoms with E-state index >= 15 is 0 Å². The number of benzene rings is 2. The van der Waals surface area contributed by atoms with E-state index in [0.29, 0.717) is 0 Å². The minimum Gasteiger partial charge on any atom is -0.481 e. The largest absolute Gasteiger partial charge is 0.481 e. The molecular formula is C24H26F2O4. The third kappa shape index (κ3) is 6.90. The topological polar surface area (TPSA) is 77.8 Å². The van der Waals surface area contributed by atoms with E-state index < -0.39 is 24.6 Å². The van der Waals surface area contributed by atoms with Crippen molar-refractivity contribution in [2.45, 2.75) is 38.9 Å². The maximum Gasteiger partial charge on any atom is 0.305 e. The monoisotopic (exact) mass is 416 g/mol. The van der Waals surface area contributed by atoms with Gasteiger partial charge in [-0.15, -0.1) is 0 Å². The second-order valence-corrected chi connectivity index (χ2v) is 7.41. The highest BCUT2D eigenvalue weighted by atomic mass is 19.1. The lowest BCUT2D eigenvalue weighted by molar-refractivity contribution is -0.139. The van der Waals surface area contributed by atoms with Gasteiger partial charge in [-0.3, -0.25) is 4.79 Å². The van der Waals surface area contributed by atoms with Crippen LogP contribution in [0.5, 0.6) is 0 Å². The van der Waals surface area contributed by atoms with Crippen molar-refractivity contribution in [3.05, 3.63) is 89.0 Å². The summed E-state index contributed by atoms with van der Waals surface area (Å²) in [5.41, 5.74) is 3.05. The molecule has 2 aromatic rings. The molecule has 6 heteroatoms.